The van der Waals surface area contributed by atoms with E-state index in [1.54, 1.807) is 18.2 Å². The van der Waals surface area contributed by atoms with Crippen molar-refractivity contribution in [2.45, 2.75) is 45.1 Å². The van der Waals surface area contributed by atoms with Crippen molar-refractivity contribution in [2.75, 3.05) is 7.05 Å². The summed E-state index contributed by atoms with van der Waals surface area (Å²) in [5.74, 6) is 0.430. The largest absolute Gasteiger partial charge is 0.316 e. The predicted molar refractivity (Wildman–Crippen MR) is 76.3 cm³/mol. The second-order valence-electron chi connectivity index (χ2n) is 5.42. The van der Waals surface area contributed by atoms with Gasteiger partial charge < -0.3 is 5.32 Å². The van der Waals surface area contributed by atoms with E-state index >= 15 is 0 Å². The minimum absolute atomic E-state index is 0.200. The van der Waals surface area contributed by atoms with Gasteiger partial charge in [0, 0.05) is 18.2 Å². The van der Waals surface area contributed by atoms with E-state index < -0.39 is 0 Å². The highest BCUT2D eigenvalue weighted by Crippen LogP contribution is 2.57. The fraction of sp³-hybridized carbons (Fsp3) is 0.600. The predicted octanol–water partition coefficient (Wildman–Crippen LogP) is 3.48. The Kier molecular flexibility index (Phi) is 3.90. The molecule has 1 N–H and O–H groups in total. The fourth-order valence-electron chi connectivity index (χ4n) is 3.75. The van der Waals surface area contributed by atoms with Crippen molar-refractivity contribution in [3.8, 4) is 0 Å². The molecule has 104 valence electrons. The molecule has 0 spiro atoms. The molecule has 4 heteroatoms. The Morgan fingerprint density at radius 2 is 2.11 bits per heavy atom. The molecule has 0 aliphatic heterocycles. The Morgan fingerprint density at radius 1 is 1.42 bits per heavy atom. The average Bonchev–Trinajstić information content (AvgIpc) is 2.40. The maximum Gasteiger partial charge on any atom is 0.269 e. The van der Waals surface area contributed by atoms with Crippen LogP contribution >= 0.6 is 0 Å². The van der Waals surface area contributed by atoms with Crippen molar-refractivity contribution >= 4 is 5.69 Å². The first kappa shape index (κ1) is 14.0. The zero-order valence-corrected chi connectivity index (χ0v) is 11.8. The van der Waals surface area contributed by atoms with Gasteiger partial charge in [-0.05, 0) is 43.2 Å². The molecule has 19 heavy (non-hydrogen) atoms. The molecule has 4 nitrogen and oxygen atoms in total. The van der Waals surface area contributed by atoms with Gasteiger partial charge in [-0.25, -0.2) is 0 Å². The van der Waals surface area contributed by atoms with E-state index in [4.69, 9.17) is 0 Å². The molecule has 0 heterocycles. The average molecular weight is 262 g/mol. The molecular formula is C15H22N2O2. The van der Waals surface area contributed by atoms with E-state index in [9.17, 15) is 10.1 Å². The number of nitrogens with one attached hydrogen (secondary N) is 1. The first-order chi connectivity index (χ1) is 9.08. The molecule has 0 bridgehead atoms. The Morgan fingerprint density at radius 3 is 2.63 bits per heavy atom. The van der Waals surface area contributed by atoms with Crippen LogP contribution in [0.3, 0.4) is 0 Å². The number of benzene rings is 1. The highest BCUT2D eigenvalue weighted by Gasteiger charge is 2.52. The van der Waals surface area contributed by atoms with Gasteiger partial charge in [0.15, 0.2) is 0 Å². The molecular weight excluding hydrogens is 240 g/mol. The monoisotopic (exact) mass is 262 g/mol. The van der Waals surface area contributed by atoms with Crippen molar-refractivity contribution in [1.29, 1.82) is 0 Å². The van der Waals surface area contributed by atoms with Crippen molar-refractivity contribution in [2.24, 2.45) is 5.41 Å². The Hall–Kier alpha value is -1.42. The van der Waals surface area contributed by atoms with E-state index in [-0.39, 0.29) is 16.0 Å². The zero-order valence-electron chi connectivity index (χ0n) is 11.8. The first-order valence-corrected chi connectivity index (χ1v) is 7.00. The number of nitro benzene ring substituents is 1. The molecule has 0 radical (unpaired) electrons. The Labute approximate surface area is 114 Å². The maximum absolute atomic E-state index is 10.9. The van der Waals surface area contributed by atoms with Crippen molar-refractivity contribution in [3.63, 3.8) is 0 Å². The molecule has 0 saturated heterocycles. The number of rotatable bonds is 5. The van der Waals surface area contributed by atoms with Crippen LogP contribution < -0.4 is 5.32 Å². The summed E-state index contributed by atoms with van der Waals surface area (Å²) in [5.41, 5.74) is 1.56. The number of hydrogen-bond donors (Lipinski definition) is 1. The van der Waals surface area contributed by atoms with Crippen LogP contribution in [0, 0.1) is 15.5 Å². The molecule has 2 rings (SSSR count). The molecule has 0 amide bonds. The molecule has 0 aromatic heterocycles. The summed E-state index contributed by atoms with van der Waals surface area (Å²) in [4.78, 5) is 10.6. The number of hydrogen-bond acceptors (Lipinski definition) is 3. The van der Waals surface area contributed by atoms with Crippen molar-refractivity contribution in [1.82, 2.24) is 5.32 Å². The molecule has 1 aromatic rings. The molecule has 1 aliphatic rings. The summed E-state index contributed by atoms with van der Waals surface area (Å²) in [6, 6.07) is 7.67. The van der Waals surface area contributed by atoms with Crippen LogP contribution in [-0.4, -0.2) is 18.0 Å². The molecule has 1 aromatic carbocycles. The lowest BCUT2D eigenvalue weighted by Crippen LogP contribution is -2.57. The van der Waals surface area contributed by atoms with E-state index in [1.165, 1.54) is 0 Å². The molecule has 1 aliphatic carbocycles. The summed E-state index contributed by atoms with van der Waals surface area (Å²) in [7, 11) is 2.01. The van der Waals surface area contributed by atoms with Gasteiger partial charge in [-0.3, -0.25) is 10.1 Å². The van der Waals surface area contributed by atoms with Crippen molar-refractivity contribution < 1.29 is 4.92 Å². The van der Waals surface area contributed by atoms with Gasteiger partial charge in [-0.2, -0.15) is 0 Å². The lowest BCUT2D eigenvalue weighted by atomic mass is 9.52. The van der Waals surface area contributed by atoms with Crippen LogP contribution in [0.2, 0.25) is 0 Å². The fourth-order valence-corrected chi connectivity index (χ4v) is 3.75. The summed E-state index contributed by atoms with van der Waals surface area (Å²) in [5, 5.41) is 14.3. The van der Waals surface area contributed by atoms with Crippen LogP contribution in [0.15, 0.2) is 24.3 Å². The van der Waals surface area contributed by atoms with Gasteiger partial charge in [0.05, 0.1) is 4.92 Å². The third-order valence-electron chi connectivity index (χ3n) is 5.01. The van der Waals surface area contributed by atoms with Crippen LogP contribution in [0.4, 0.5) is 5.69 Å². The van der Waals surface area contributed by atoms with Crippen LogP contribution in [-0.2, 0) is 0 Å². The van der Waals surface area contributed by atoms with E-state index in [2.05, 4.69) is 19.2 Å². The maximum atomic E-state index is 10.9. The highest BCUT2D eigenvalue weighted by atomic mass is 16.6. The smallest absolute Gasteiger partial charge is 0.269 e. The van der Waals surface area contributed by atoms with Crippen molar-refractivity contribution in [3.05, 3.63) is 39.9 Å². The number of nitro groups is 1. The topological polar surface area (TPSA) is 55.2 Å². The quantitative estimate of drug-likeness (QED) is 0.653. The standard InChI is InChI=1S/C15H22N2O2/c1-4-15(5-2)13(10-14(15)16-3)11-7-6-8-12(9-11)17(18)19/h6-9,13-14,16H,4-5,10H2,1-3H3. The van der Waals surface area contributed by atoms with Gasteiger partial charge in [-0.15, -0.1) is 0 Å². The van der Waals surface area contributed by atoms with Gasteiger partial charge in [0.2, 0.25) is 0 Å². The third-order valence-corrected chi connectivity index (χ3v) is 5.01. The zero-order chi connectivity index (χ0) is 14.0. The second-order valence-corrected chi connectivity index (χ2v) is 5.42. The van der Waals surface area contributed by atoms with E-state index in [0.29, 0.717) is 12.0 Å². The van der Waals surface area contributed by atoms with Crippen LogP contribution in [0.5, 0.6) is 0 Å². The Balaban J connectivity index is 2.32. The third kappa shape index (κ3) is 2.14. The second kappa shape index (κ2) is 5.29. The minimum Gasteiger partial charge on any atom is -0.316 e. The van der Waals surface area contributed by atoms with Gasteiger partial charge in [0.1, 0.15) is 0 Å². The van der Waals surface area contributed by atoms with Gasteiger partial charge in [0.25, 0.3) is 5.69 Å². The van der Waals surface area contributed by atoms with E-state index in [0.717, 1.165) is 24.8 Å². The lowest BCUT2D eigenvalue weighted by molar-refractivity contribution is -0.385. The first-order valence-electron chi connectivity index (χ1n) is 7.00. The molecule has 1 saturated carbocycles. The normalized spacial score (nSPS) is 24.8. The summed E-state index contributed by atoms with van der Waals surface area (Å²) >= 11 is 0. The highest BCUT2D eigenvalue weighted by molar-refractivity contribution is 5.39. The molecule has 2 atom stereocenters. The SMILES string of the molecule is CCC1(CC)C(NC)CC1c1cccc([N+](=O)[O-])c1. The van der Waals surface area contributed by atoms with E-state index in [1.807, 2.05) is 13.1 Å². The minimum atomic E-state index is -0.308. The number of nitrogens with zero attached hydrogens (tertiary/aromatic N) is 1. The molecule has 1 fully saturated rings. The number of non-ortho nitro benzene ring substituents is 1. The van der Waals surface area contributed by atoms with Gasteiger partial charge in [-0.1, -0.05) is 26.0 Å². The Bertz CT molecular complexity index is 469. The lowest BCUT2D eigenvalue weighted by Gasteiger charge is -2.56. The summed E-state index contributed by atoms with van der Waals surface area (Å²) in [6.45, 7) is 4.44. The van der Waals surface area contributed by atoms with Crippen LogP contribution in [0.1, 0.15) is 44.6 Å². The molecule has 2 unspecified atom stereocenters. The summed E-state index contributed by atoms with van der Waals surface area (Å²) < 4.78 is 0. The van der Waals surface area contributed by atoms with Crippen LogP contribution in [0.25, 0.3) is 0 Å². The summed E-state index contributed by atoms with van der Waals surface area (Å²) in [6.07, 6.45) is 3.27. The van der Waals surface area contributed by atoms with Gasteiger partial charge >= 0.3 is 0 Å².